The highest BCUT2D eigenvalue weighted by atomic mass is 16.6. The zero-order chi connectivity index (χ0) is 24.5. The van der Waals surface area contributed by atoms with E-state index in [4.69, 9.17) is 19.4 Å². The largest absolute Gasteiger partial charge is 0.488 e. The van der Waals surface area contributed by atoms with Gasteiger partial charge in [-0.15, -0.1) is 0 Å². The third-order valence-corrected chi connectivity index (χ3v) is 5.57. The number of aliphatic carboxylic acids is 1. The van der Waals surface area contributed by atoms with Crippen molar-refractivity contribution in [3.63, 3.8) is 0 Å². The summed E-state index contributed by atoms with van der Waals surface area (Å²) in [6.45, 7) is 2.60. The van der Waals surface area contributed by atoms with Crippen LogP contribution >= 0.6 is 0 Å². The van der Waals surface area contributed by atoms with Crippen LogP contribution < -0.4 is 4.74 Å². The quantitative estimate of drug-likeness (QED) is 0.298. The van der Waals surface area contributed by atoms with Crippen molar-refractivity contribution in [2.45, 2.75) is 38.7 Å². The first-order valence-corrected chi connectivity index (χ1v) is 11.5. The number of rotatable bonds is 11. The molecule has 180 valence electrons. The maximum atomic E-state index is 11.0. The smallest absolute Gasteiger partial charge is 0.303 e. The third-order valence-electron chi connectivity index (χ3n) is 5.57. The molecule has 7 nitrogen and oxygen atoms in total. The van der Waals surface area contributed by atoms with Gasteiger partial charge >= 0.3 is 5.97 Å². The van der Waals surface area contributed by atoms with Crippen molar-refractivity contribution in [3.05, 3.63) is 102 Å². The maximum Gasteiger partial charge on any atom is 0.303 e. The van der Waals surface area contributed by atoms with Gasteiger partial charge in [0.15, 0.2) is 6.23 Å². The summed E-state index contributed by atoms with van der Waals surface area (Å²) in [7, 11) is 0. The van der Waals surface area contributed by atoms with Crippen LogP contribution in [0.5, 0.6) is 5.75 Å². The Morgan fingerprint density at radius 3 is 2.31 bits per heavy atom. The second-order valence-corrected chi connectivity index (χ2v) is 8.17. The molecule has 3 aromatic carbocycles. The summed E-state index contributed by atoms with van der Waals surface area (Å²) >= 11 is 0. The molecule has 1 aliphatic rings. The lowest BCUT2D eigenvalue weighted by Crippen LogP contribution is -2.21. The minimum absolute atomic E-state index is 0.00975. The number of benzene rings is 3. The number of carboxylic acid groups (broad SMARTS) is 1. The highest BCUT2D eigenvalue weighted by Crippen LogP contribution is 2.27. The van der Waals surface area contributed by atoms with Crippen LogP contribution in [0, 0.1) is 0 Å². The SMILES string of the molecule is CC1OC(c2ccccc2)N=C1COc1ccc(CO/N=C(\CCC(=O)O)c2ccccc2)cc1. The molecule has 0 spiro atoms. The fourth-order valence-electron chi connectivity index (χ4n) is 3.61. The summed E-state index contributed by atoms with van der Waals surface area (Å²) in [5, 5.41) is 13.2. The molecular weight excluding hydrogens is 444 g/mol. The molecule has 7 heteroatoms. The third kappa shape index (κ3) is 7.01. The molecule has 3 aromatic rings. The summed E-state index contributed by atoms with van der Waals surface area (Å²) in [6, 6.07) is 26.9. The Kier molecular flexibility index (Phi) is 8.25. The van der Waals surface area contributed by atoms with Crippen molar-refractivity contribution in [1.82, 2.24) is 0 Å². The molecule has 0 aliphatic carbocycles. The Morgan fingerprint density at radius 1 is 0.943 bits per heavy atom. The van der Waals surface area contributed by atoms with Gasteiger partial charge in [0.25, 0.3) is 0 Å². The summed E-state index contributed by atoms with van der Waals surface area (Å²) in [6.07, 6.45) is -0.111. The van der Waals surface area contributed by atoms with E-state index in [2.05, 4.69) is 10.1 Å². The lowest BCUT2D eigenvalue weighted by molar-refractivity contribution is -0.136. The van der Waals surface area contributed by atoms with Crippen LogP contribution in [-0.4, -0.2) is 35.2 Å². The monoisotopic (exact) mass is 472 g/mol. The number of nitrogens with zero attached hydrogens (tertiary/aromatic N) is 2. The minimum atomic E-state index is -0.871. The zero-order valence-corrected chi connectivity index (χ0v) is 19.5. The molecule has 0 aromatic heterocycles. The molecule has 4 rings (SSSR count). The Hall–Kier alpha value is -3.97. The molecule has 35 heavy (non-hydrogen) atoms. The molecule has 0 saturated carbocycles. The first-order valence-electron chi connectivity index (χ1n) is 11.5. The lowest BCUT2D eigenvalue weighted by atomic mass is 10.1. The van der Waals surface area contributed by atoms with Crippen LogP contribution in [0.1, 0.15) is 42.7 Å². The number of hydrogen-bond donors (Lipinski definition) is 1. The van der Waals surface area contributed by atoms with Crippen LogP contribution in [-0.2, 0) is 21.0 Å². The molecule has 1 aliphatic heterocycles. The number of aliphatic imine (C=N–C) groups is 1. The molecule has 0 bridgehead atoms. The first-order chi connectivity index (χ1) is 17.1. The van der Waals surface area contributed by atoms with Gasteiger partial charge in [0.1, 0.15) is 19.0 Å². The van der Waals surface area contributed by atoms with Gasteiger partial charge < -0.3 is 19.4 Å². The van der Waals surface area contributed by atoms with Crippen molar-refractivity contribution in [2.24, 2.45) is 10.1 Å². The maximum absolute atomic E-state index is 11.0. The second kappa shape index (κ2) is 11.9. The van der Waals surface area contributed by atoms with Crippen molar-refractivity contribution >= 4 is 17.4 Å². The van der Waals surface area contributed by atoms with Crippen LogP contribution in [0.25, 0.3) is 0 Å². The number of carboxylic acids is 1. The van der Waals surface area contributed by atoms with Crippen LogP contribution in [0.2, 0.25) is 0 Å². The van der Waals surface area contributed by atoms with Crippen molar-refractivity contribution < 1.29 is 24.2 Å². The van der Waals surface area contributed by atoms with Crippen molar-refractivity contribution in [1.29, 1.82) is 0 Å². The topological polar surface area (TPSA) is 89.7 Å². The van der Waals surface area contributed by atoms with E-state index in [0.29, 0.717) is 18.7 Å². The summed E-state index contributed by atoms with van der Waals surface area (Å²) in [5.74, 6) is -0.147. The molecule has 0 fully saturated rings. The Morgan fingerprint density at radius 2 is 1.63 bits per heavy atom. The molecule has 0 amide bonds. The molecular formula is C28H28N2O5. The number of oxime groups is 1. The van der Waals surface area contributed by atoms with Gasteiger partial charge in [0.05, 0.1) is 23.9 Å². The molecule has 0 saturated heterocycles. The Balaban J connectivity index is 1.30. The van der Waals surface area contributed by atoms with Gasteiger partial charge in [-0.3, -0.25) is 9.79 Å². The summed E-state index contributed by atoms with van der Waals surface area (Å²) in [5.41, 5.74) is 4.27. The van der Waals surface area contributed by atoms with Gasteiger partial charge in [-0.1, -0.05) is 78.0 Å². The van der Waals surface area contributed by atoms with Gasteiger partial charge in [-0.05, 0) is 30.2 Å². The summed E-state index contributed by atoms with van der Waals surface area (Å²) in [4.78, 5) is 21.2. The molecule has 0 radical (unpaired) electrons. The van der Waals surface area contributed by atoms with Crippen LogP contribution in [0.4, 0.5) is 0 Å². The molecule has 2 atom stereocenters. The molecule has 1 N–H and O–H groups in total. The van der Waals surface area contributed by atoms with Gasteiger partial charge in [0, 0.05) is 12.0 Å². The Labute approximate surface area is 204 Å². The van der Waals surface area contributed by atoms with E-state index >= 15 is 0 Å². The van der Waals surface area contributed by atoms with E-state index in [9.17, 15) is 4.79 Å². The zero-order valence-electron chi connectivity index (χ0n) is 19.5. The minimum Gasteiger partial charge on any atom is -0.488 e. The van der Waals surface area contributed by atoms with Gasteiger partial charge in [-0.2, -0.15) is 0 Å². The average Bonchev–Trinajstić information content (AvgIpc) is 3.27. The number of carbonyl (C=O) groups is 1. The molecule has 1 heterocycles. The average molecular weight is 473 g/mol. The van der Waals surface area contributed by atoms with Crippen LogP contribution in [0.15, 0.2) is 95.1 Å². The van der Waals surface area contributed by atoms with Crippen molar-refractivity contribution in [3.8, 4) is 5.75 Å². The van der Waals surface area contributed by atoms with Crippen LogP contribution in [0.3, 0.4) is 0 Å². The van der Waals surface area contributed by atoms with E-state index in [0.717, 1.165) is 28.2 Å². The normalized spacial score (nSPS) is 17.6. The van der Waals surface area contributed by atoms with Gasteiger partial charge in [-0.25, -0.2) is 0 Å². The summed E-state index contributed by atoms with van der Waals surface area (Å²) < 4.78 is 11.9. The molecule has 2 unspecified atom stereocenters. The number of ether oxygens (including phenoxy) is 2. The highest BCUT2D eigenvalue weighted by Gasteiger charge is 2.26. The van der Waals surface area contributed by atoms with E-state index in [-0.39, 0.29) is 25.4 Å². The predicted octanol–water partition coefficient (Wildman–Crippen LogP) is 5.41. The first kappa shape index (κ1) is 24.2. The van der Waals surface area contributed by atoms with Gasteiger partial charge in [0.2, 0.25) is 0 Å². The standard InChI is InChI=1S/C28H28N2O5/c1-20-26(29-28(35-20)23-10-6-3-7-11-23)19-33-24-14-12-21(13-15-24)18-34-30-25(16-17-27(31)32)22-8-4-2-5-9-22/h2-15,20,28H,16-19H2,1H3,(H,31,32)/b30-25+. The fraction of sp³-hybridized carbons (Fsp3) is 0.250. The van der Waals surface area contributed by atoms with Crippen molar-refractivity contribution in [2.75, 3.05) is 6.61 Å². The lowest BCUT2D eigenvalue weighted by Gasteiger charge is -2.11. The van der Waals surface area contributed by atoms with E-state index in [1.807, 2.05) is 91.9 Å². The Bertz CT molecular complexity index is 1160. The predicted molar refractivity (Wildman–Crippen MR) is 134 cm³/mol. The van der Waals surface area contributed by atoms with E-state index in [1.165, 1.54) is 0 Å². The van der Waals surface area contributed by atoms with E-state index in [1.54, 1.807) is 0 Å². The highest BCUT2D eigenvalue weighted by molar-refractivity contribution is 6.01. The fourth-order valence-corrected chi connectivity index (χ4v) is 3.61. The second-order valence-electron chi connectivity index (χ2n) is 8.17. The number of hydrogen-bond acceptors (Lipinski definition) is 6. The van der Waals surface area contributed by atoms with E-state index < -0.39 is 5.97 Å².